The molecule has 0 amide bonds. The summed E-state index contributed by atoms with van der Waals surface area (Å²) in [7, 11) is -1.12. The fourth-order valence-corrected chi connectivity index (χ4v) is 19.0. The van der Waals surface area contributed by atoms with Gasteiger partial charge in [0, 0.05) is 7.26 Å². The lowest BCUT2D eigenvalue weighted by Gasteiger charge is -2.40. The Balaban J connectivity index is 0.936. The molecule has 0 radical (unpaired) electrons. The van der Waals surface area contributed by atoms with Gasteiger partial charge in [0.1, 0.15) is 20.1 Å². The molecule has 7 rings (SSSR count). The average molecular weight is 682 g/mol. The fourth-order valence-electron chi connectivity index (χ4n) is 14.2. The molecule has 6 saturated heterocycles. The molecule has 0 unspecified atom stereocenters. The molecule has 6 heterocycles. The molecule has 0 aromatic heterocycles. The average Bonchev–Trinajstić information content (AvgIpc) is 3.11. The SMILES string of the molecule is c1ccc([P+](CCCCCB2C3CCCC2CCC3)(CCCCCB2C3CCCC2CCC3)CCCCCB2C3CCCC2CCC3)cc1. The van der Waals surface area contributed by atoms with Gasteiger partial charge in [-0.2, -0.15) is 0 Å². The van der Waals surface area contributed by atoms with E-state index in [1.165, 1.54) is 57.8 Å². The van der Waals surface area contributed by atoms with Crippen LogP contribution in [-0.2, 0) is 0 Å². The van der Waals surface area contributed by atoms with Crippen LogP contribution in [0.1, 0.15) is 173 Å². The number of hydrogen-bond donors (Lipinski definition) is 0. The molecule has 0 N–H and O–H groups in total. The summed E-state index contributed by atoms with van der Waals surface area (Å²) in [6.45, 7) is 3.30. The number of rotatable bonds is 19. The Labute approximate surface area is 307 Å². The molecule has 6 bridgehead atoms. The third-order valence-electron chi connectivity index (χ3n) is 16.7. The summed E-state index contributed by atoms with van der Waals surface area (Å²) in [5.41, 5.74) is 0. The second-order valence-electron chi connectivity index (χ2n) is 19.3. The van der Waals surface area contributed by atoms with Gasteiger partial charge in [0.05, 0.1) is 23.8 Å². The van der Waals surface area contributed by atoms with Crippen LogP contribution in [0.2, 0.25) is 53.9 Å². The molecule has 6 fully saturated rings. The molecule has 270 valence electrons. The normalized spacial score (nSPS) is 31.1. The fraction of sp³-hybridized carbons (Fsp3) is 0.867. The molecule has 6 aliphatic rings. The van der Waals surface area contributed by atoms with Crippen LogP contribution in [0.3, 0.4) is 0 Å². The van der Waals surface area contributed by atoms with Crippen LogP contribution >= 0.6 is 7.26 Å². The van der Waals surface area contributed by atoms with Crippen LogP contribution in [0.15, 0.2) is 30.3 Å². The summed E-state index contributed by atoms with van der Waals surface area (Å²) in [5.74, 6) is 6.61. The second kappa shape index (κ2) is 19.3. The third kappa shape index (κ3) is 9.89. The predicted octanol–water partition coefficient (Wildman–Crippen LogP) is 14.6. The van der Waals surface area contributed by atoms with Crippen molar-refractivity contribution in [2.75, 3.05) is 18.5 Å². The largest absolute Gasteiger partial charge is 0.146 e. The Morgan fingerprint density at radius 3 is 0.939 bits per heavy atom. The maximum absolute atomic E-state index is 2.60. The molecular weight excluding hydrogens is 604 g/mol. The van der Waals surface area contributed by atoms with Gasteiger partial charge in [-0.1, -0.05) is 226 Å². The highest BCUT2D eigenvalue weighted by molar-refractivity contribution is 7.82. The van der Waals surface area contributed by atoms with Crippen LogP contribution < -0.4 is 5.30 Å². The van der Waals surface area contributed by atoms with E-state index in [0.717, 1.165) is 55.0 Å². The molecule has 0 aliphatic carbocycles. The van der Waals surface area contributed by atoms with E-state index >= 15 is 0 Å². The maximum atomic E-state index is 2.60. The summed E-state index contributed by atoms with van der Waals surface area (Å²) in [4.78, 5) is 0. The quantitative estimate of drug-likeness (QED) is 0.0775. The van der Waals surface area contributed by atoms with Crippen molar-refractivity contribution in [3.8, 4) is 0 Å². The van der Waals surface area contributed by atoms with E-state index in [9.17, 15) is 0 Å². The highest BCUT2D eigenvalue weighted by Gasteiger charge is 2.42. The molecule has 0 saturated carbocycles. The first-order valence-corrected chi connectivity index (χ1v) is 25.6. The summed E-state index contributed by atoms with van der Waals surface area (Å²) in [6, 6.07) is 12.3. The Morgan fingerprint density at radius 1 is 0.367 bits per heavy atom. The minimum atomic E-state index is -1.12. The molecule has 49 heavy (non-hydrogen) atoms. The van der Waals surface area contributed by atoms with Gasteiger partial charge in [-0.25, -0.2) is 0 Å². The molecule has 0 spiro atoms. The first-order chi connectivity index (χ1) is 24.3. The molecule has 4 heteroatoms. The Kier molecular flexibility index (Phi) is 14.6. The Bertz CT molecular complexity index is 910. The van der Waals surface area contributed by atoms with E-state index in [1.54, 1.807) is 153 Å². The van der Waals surface area contributed by atoms with Crippen molar-refractivity contribution in [3.63, 3.8) is 0 Å². The van der Waals surface area contributed by atoms with E-state index in [4.69, 9.17) is 0 Å². The van der Waals surface area contributed by atoms with Crippen LogP contribution in [-0.4, -0.2) is 38.6 Å². The zero-order valence-corrected chi connectivity index (χ0v) is 33.3. The summed E-state index contributed by atoms with van der Waals surface area (Å²) < 4.78 is 0. The van der Waals surface area contributed by atoms with Crippen LogP contribution in [0.5, 0.6) is 0 Å². The first-order valence-electron chi connectivity index (χ1n) is 23.2. The number of benzene rings is 1. The maximum Gasteiger partial charge on any atom is 0.146 e. The van der Waals surface area contributed by atoms with Crippen molar-refractivity contribution < 1.29 is 0 Å². The van der Waals surface area contributed by atoms with E-state index < -0.39 is 7.26 Å². The van der Waals surface area contributed by atoms with Gasteiger partial charge in [-0.3, -0.25) is 0 Å². The van der Waals surface area contributed by atoms with Gasteiger partial charge in [0.2, 0.25) is 0 Å². The van der Waals surface area contributed by atoms with Gasteiger partial charge >= 0.3 is 0 Å². The molecule has 0 nitrogen and oxygen atoms in total. The zero-order chi connectivity index (χ0) is 33.1. The van der Waals surface area contributed by atoms with Crippen LogP contribution in [0, 0.1) is 0 Å². The lowest BCUT2D eigenvalue weighted by Crippen LogP contribution is -2.34. The van der Waals surface area contributed by atoms with Gasteiger partial charge in [0.15, 0.2) is 0 Å². The van der Waals surface area contributed by atoms with Crippen LogP contribution in [0.25, 0.3) is 0 Å². The lowest BCUT2D eigenvalue weighted by molar-refractivity contribution is 0.440. The zero-order valence-electron chi connectivity index (χ0n) is 32.4. The van der Waals surface area contributed by atoms with E-state index in [0.29, 0.717) is 0 Å². The summed E-state index contributed by atoms with van der Waals surface area (Å²) >= 11 is 0. The van der Waals surface area contributed by atoms with Crippen molar-refractivity contribution in [3.05, 3.63) is 30.3 Å². The minimum absolute atomic E-state index is 1.10. The molecular formula is C45H77B3P+. The van der Waals surface area contributed by atoms with E-state index in [-0.39, 0.29) is 0 Å². The molecule has 6 aliphatic heterocycles. The van der Waals surface area contributed by atoms with Gasteiger partial charge in [-0.05, 0) is 31.4 Å². The van der Waals surface area contributed by atoms with Crippen molar-refractivity contribution in [2.45, 2.75) is 227 Å². The van der Waals surface area contributed by atoms with Crippen molar-refractivity contribution in [1.82, 2.24) is 0 Å². The lowest BCUT2D eigenvalue weighted by atomic mass is 9.26. The Hall–Kier alpha value is -0.155. The number of fused-ring (bicyclic) bond motifs is 6. The first kappa shape index (κ1) is 37.2. The summed E-state index contributed by atoms with van der Waals surface area (Å²) in [5, 5.41) is 1.82. The van der Waals surface area contributed by atoms with Crippen molar-refractivity contribution >= 4 is 32.7 Å². The highest BCUT2D eigenvalue weighted by Crippen LogP contribution is 2.60. The van der Waals surface area contributed by atoms with Crippen molar-refractivity contribution in [1.29, 1.82) is 0 Å². The monoisotopic (exact) mass is 682 g/mol. The molecule has 1 aromatic carbocycles. The second-order valence-corrected chi connectivity index (χ2v) is 23.5. The highest BCUT2D eigenvalue weighted by atomic mass is 31.2. The Morgan fingerprint density at radius 2 is 0.653 bits per heavy atom. The number of hydrogen-bond acceptors (Lipinski definition) is 0. The standard InChI is InChI=1S/C45H77B3P/c1-5-31-45(32-6-1)49(36-10-2-7-33-46-39-19-13-20-40(46)22-14-21-39,37-11-3-8-34-47-41-23-15-24-42(47)26-16-25-41)38-12-4-9-35-48-43-27-17-28-44(48)30-18-29-43/h1,5-6,31-32,39-44H,2-4,7-30,33-38H2/q+1. The topological polar surface area (TPSA) is 0 Å². The molecule has 1 aromatic rings. The minimum Gasteiger partial charge on any atom is -0.0737 e. The smallest absolute Gasteiger partial charge is 0.0737 e. The predicted molar refractivity (Wildman–Crippen MR) is 226 cm³/mol. The van der Waals surface area contributed by atoms with Gasteiger partial charge < -0.3 is 0 Å². The van der Waals surface area contributed by atoms with E-state index in [2.05, 4.69) is 30.3 Å². The van der Waals surface area contributed by atoms with Gasteiger partial charge in [0.25, 0.3) is 0 Å². The van der Waals surface area contributed by atoms with Gasteiger partial charge in [-0.15, -0.1) is 0 Å². The van der Waals surface area contributed by atoms with Crippen molar-refractivity contribution in [2.24, 2.45) is 0 Å². The summed E-state index contributed by atoms with van der Waals surface area (Å²) in [6.07, 6.45) is 51.1. The van der Waals surface area contributed by atoms with Crippen LogP contribution in [0.4, 0.5) is 0 Å². The molecule has 0 atom stereocenters. The van der Waals surface area contributed by atoms with E-state index in [1.807, 2.05) is 5.30 Å². The number of unbranched alkanes of at least 4 members (excludes halogenated alkanes) is 6. The third-order valence-corrected chi connectivity index (χ3v) is 21.6.